The highest BCUT2D eigenvalue weighted by molar-refractivity contribution is 7.52. The van der Waals surface area contributed by atoms with Crippen LogP contribution in [-0.4, -0.2) is 147 Å². The number of rotatable bonds is 30. The molecule has 0 aliphatic heterocycles. The molecule has 0 spiro atoms. The molecule has 2 unspecified atom stereocenters. The summed E-state index contributed by atoms with van der Waals surface area (Å²) in [6.07, 6.45) is 5.00. The number of hydrogen-bond donors (Lipinski definition) is 3. The van der Waals surface area contributed by atoms with E-state index in [9.17, 15) is 33.5 Å². The molecular weight excluding hydrogens is 912 g/mol. The van der Waals surface area contributed by atoms with Gasteiger partial charge in [-0.15, -0.1) is 4.52 Å². The molecule has 360 valence electrons. The molecule has 4 rings (SSSR count). The van der Waals surface area contributed by atoms with Crippen molar-refractivity contribution >= 4 is 33.8 Å². The molecule has 4 aromatic rings. The molecule has 0 amide bonds. The second-order valence-corrected chi connectivity index (χ2v) is 17.4. The molecule has 3 N–H and O–H groups in total. The van der Waals surface area contributed by atoms with Gasteiger partial charge in [0.15, 0.2) is 11.6 Å². The maximum Gasteiger partial charge on any atom is 0.524 e. The Kier molecular flexibility index (Phi) is 22.8. The highest BCUT2D eigenvalue weighted by Gasteiger charge is 2.26. The molecule has 0 bridgehead atoms. The van der Waals surface area contributed by atoms with Crippen molar-refractivity contribution < 1.29 is 66.6 Å². The number of carboxylic acids is 2. The monoisotopic (exact) mass is 968 g/mol. The maximum atomic E-state index is 12.6. The largest absolute Gasteiger partial charge is 0.524 e. The molecule has 0 radical (unpaired) electrons. The van der Waals surface area contributed by atoms with Crippen LogP contribution in [0.25, 0.3) is 11.6 Å². The fourth-order valence-corrected chi connectivity index (χ4v) is 8.24. The number of unbranched alkanes of at least 4 members (excludes halogenated alkanes) is 2. The summed E-state index contributed by atoms with van der Waals surface area (Å²) in [6, 6.07) is 10.2. The Bertz CT molecular complexity index is 2400. The molecule has 2 atom stereocenters. The SMILES string of the molecule is CCO[P+](=O)CN(CC(=O)O)Cc1ccn(-c2cc(C#Cc3cc(OCCOC)c(C#CCCCCC(=O)O)cc3OCCOC)cc(-n3ccc(CN(CC=O)CP(=O)(O)OCC)n3)n2)n1. The number of hydrogen-bond acceptors (Lipinski definition) is 16. The predicted molar refractivity (Wildman–Crippen MR) is 244 cm³/mol. The minimum absolute atomic E-state index is 0.0163. The van der Waals surface area contributed by atoms with Gasteiger partial charge in [-0.2, -0.15) is 10.2 Å². The summed E-state index contributed by atoms with van der Waals surface area (Å²) in [5.41, 5.74) is 2.33. The molecular formula is C44H56N7O14P2+. The number of aromatic nitrogens is 5. The number of benzene rings is 1. The van der Waals surface area contributed by atoms with Crippen LogP contribution in [0.5, 0.6) is 11.5 Å². The number of aliphatic carboxylic acids is 2. The first-order valence-corrected chi connectivity index (χ1v) is 24.3. The van der Waals surface area contributed by atoms with Gasteiger partial charge in [-0.25, -0.2) is 19.2 Å². The van der Waals surface area contributed by atoms with Crippen molar-refractivity contribution in [2.45, 2.75) is 52.6 Å². The molecule has 23 heteroatoms. The van der Waals surface area contributed by atoms with E-state index in [-0.39, 0.29) is 65.4 Å². The van der Waals surface area contributed by atoms with Gasteiger partial charge < -0.3 is 43.4 Å². The van der Waals surface area contributed by atoms with Gasteiger partial charge in [0, 0.05) is 70.2 Å². The van der Waals surface area contributed by atoms with E-state index < -0.39 is 40.4 Å². The molecule has 0 aliphatic rings. The Morgan fingerprint density at radius 1 is 0.821 bits per heavy atom. The Balaban J connectivity index is 1.81. The number of carbonyl (C=O) groups is 3. The van der Waals surface area contributed by atoms with Crippen LogP contribution >= 0.6 is 15.6 Å². The summed E-state index contributed by atoms with van der Waals surface area (Å²) in [6.45, 7) is 4.03. The minimum Gasteiger partial charge on any atom is -0.490 e. The summed E-state index contributed by atoms with van der Waals surface area (Å²) in [7, 11) is -3.05. The average molecular weight is 969 g/mol. The van der Waals surface area contributed by atoms with Crippen molar-refractivity contribution in [2.24, 2.45) is 0 Å². The first kappa shape index (κ1) is 53.8. The summed E-state index contributed by atoms with van der Waals surface area (Å²) >= 11 is 0. The zero-order valence-corrected chi connectivity index (χ0v) is 39.7. The fraction of sp³-hybridized carbons (Fsp3) is 0.455. The molecule has 0 fully saturated rings. The van der Waals surface area contributed by atoms with Gasteiger partial charge in [0.2, 0.25) is 6.29 Å². The molecule has 1 aromatic carbocycles. The third-order valence-electron chi connectivity index (χ3n) is 9.00. The van der Waals surface area contributed by atoms with Crippen molar-refractivity contribution in [3.05, 3.63) is 76.9 Å². The number of carbonyl (C=O) groups excluding carboxylic acids is 1. The van der Waals surface area contributed by atoms with E-state index in [0.717, 1.165) is 0 Å². The van der Waals surface area contributed by atoms with Gasteiger partial charge in [0.05, 0.1) is 55.5 Å². The van der Waals surface area contributed by atoms with Crippen molar-refractivity contribution in [3.63, 3.8) is 0 Å². The van der Waals surface area contributed by atoms with E-state index >= 15 is 0 Å². The van der Waals surface area contributed by atoms with Gasteiger partial charge in [-0.1, -0.05) is 23.7 Å². The third kappa shape index (κ3) is 19.1. The van der Waals surface area contributed by atoms with E-state index in [1.54, 1.807) is 76.9 Å². The molecule has 0 saturated heterocycles. The lowest BCUT2D eigenvalue weighted by molar-refractivity contribution is -0.138. The van der Waals surface area contributed by atoms with E-state index in [4.69, 9.17) is 38.1 Å². The maximum absolute atomic E-state index is 12.6. The Hall–Kier alpha value is -5.83. The fourth-order valence-electron chi connectivity index (χ4n) is 6.13. The Labute approximate surface area is 389 Å². The molecule has 3 heterocycles. The van der Waals surface area contributed by atoms with Gasteiger partial charge >= 0.3 is 27.6 Å². The van der Waals surface area contributed by atoms with Crippen molar-refractivity contribution in [1.29, 1.82) is 0 Å². The third-order valence-corrected chi connectivity index (χ3v) is 11.6. The number of carboxylic acid groups (broad SMARTS) is 2. The molecule has 0 saturated carbocycles. The van der Waals surface area contributed by atoms with Gasteiger partial charge in [-0.05, 0) is 55.5 Å². The van der Waals surface area contributed by atoms with Crippen LogP contribution in [-0.2, 0) is 55.1 Å². The Morgan fingerprint density at radius 2 is 1.42 bits per heavy atom. The van der Waals surface area contributed by atoms with Gasteiger partial charge in [0.25, 0.3) is 0 Å². The number of methoxy groups -OCH3 is 2. The van der Waals surface area contributed by atoms with E-state index in [1.807, 2.05) is 0 Å². The standard InChI is InChI=1S/C44H55N7O14P2/c1-5-64-66(57)32-49(31-44(55)56)30-38-16-18-51(47-38)42-26-34(25-41(45-42)50-17-15-37(46-50)29-48(19-20-52)33-67(58,59)65-6-2)13-14-36-28-39(62-23-21-60-3)35(27-40(36)63-24-22-61-4)11-9-7-8-10-12-43(53)54/h15-18,20,25-28H,5-8,10,12,19,21-24,29-33H2,1-4H3,(H2-,53,54,55,56,58,59)/p+1. The molecule has 67 heavy (non-hydrogen) atoms. The molecule has 0 aliphatic carbocycles. The summed E-state index contributed by atoms with van der Waals surface area (Å²) in [5, 5.41) is 27.8. The van der Waals surface area contributed by atoms with Crippen LogP contribution in [0.3, 0.4) is 0 Å². The number of nitrogens with zero attached hydrogens (tertiary/aromatic N) is 7. The topological polar surface area (TPSA) is 256 Å². The van der Waals surface area contributed by atoms with E-state index in [0.29, 0.717) is 83.4 Å². The Morgan fingerprint density at radius 3 is 1.96 bits per heavy atom. The molecule has 3 aromatic heterocycles. The summed E-state index contributed by atoms with van der Waals surface area (Å²) in [5.74, 6) is 12.1. The second-order valence-electron chi connectivity index (χ2n) is 14.4. The van der Waals surface area contributed by atoms with Crippen LogP contribution in [0.2, 0.25) is 0 Å². The smallest absolute Gasteiger partial charge is 0.490 e. The van der Waals surface area contributed by atoms with Crippen LogP contribution in [0, 0.1) is 23.7 Å². The highest BCUT2D eigenvalue weighted by atomic mass is 31.2. The van der Waals surface area contributed by atoms with Crippen LogP contribution in [0.1, 0.15) is 67.6 Å². The number of ether oxygens (including phenoxy) is 4. The lowest BCUT2D eigenvalue weighted by atomic mass is 10.1. The average Bonchev–Trinajstić information content (AvgIpc) is 3.95. The van der Waals surface area contributed by atoms with Crippen molar-refractivity contribution in [1.82, 2.24) is 34.3 Å². The first-order chi connectivity index (χ1) is 32.3. The van der Waals surface area contributed by atoms with Crippen LogP contribution in [0.4, 0.5) is 0 Å². The number of pyridine rings is 1. The normalized spacial score (nSPS) is 12.2. The van der Waals surface area contributed by atoms with Crippen LogP contribution in [0.15, 0.2) is 48.8 Å². The minimum atomic E-state index is -4.02. The quantitative estimate of drug-likeness (QED) is 0.0277. The highest BCUT2D eigenvalue weighted by Crippen LogP contribution is 2.42. The van der Waals surface area contributed by atoms with Gasteiger partial charge in [-0.3, -0.25) is 19.1 Å². The van der Waals surface area contributed by atoms with Gasteiger partial charge in [0.1, 0.15) is 43.8 Å². The zero-order valence-electron chi connectivity index (χ0n) is 37.9. The van der Waals surface area contributed by atoms with Crippen LogP contribution < -0.4 is 9.47 Å². The summed E-state index contributed by atoms with van der Waals surface area (Å²) in [4.78, 5) is 52.1. The second kappa shape index (κ2) is 28.4. The lowest BCUT2D eigenvalue weighted by Gasteiger charge is -2.21. The zero-order chi connectivity index (χ0) is 48.6. The summed E-state index contributed by atoms with van der Waals surface area (Å²) < 4.78 is 60.8. The van der Waals surface area contributed by atoms with Crippen molar-refractivity contribution in [2.75, 3.05) is 79.5 Å². The lowest BCUT2D eigenvalue weighted by Crippen LogP contribution is -2.29. The number of aldehydes is 1. The van der Waals surface area contributed by atoms with Crippen molar-refractivity contribution in [3.8, 4) is 46.8 Å². The van der Waals surface area contributed by atoms with E-state index in [1.165, 1.54) is 19.2 Å². The molecule has 21 nitrogen and oxygen atoms in total. The first-order valence-electron chi connectivity index (χ1n) is 21.2. The predicted octanol–water partition coefficient (Wildman–Crippen LogP) is 4.70. The van der Waals surface area contributed by atoms with E-state index in [2.05, 4.69) is 33.9 Å².